The van der Waals surface area contributed by atoms with E-state index in [1.165, 1.54) is 5.56 Å². The lowest BCUT2D eigenvalue weighted by Crippen LogP contribution is -2.42. The summed E-state index contributed by atoms with van der Waals surface area (Å²) in [5, 5.41) is 11.0. The van der Waals surface area contributed by atoms with Gasteiger partial charge in [-0.25, -0.2) is 0 Å². The van der Waals surface area contributed by atoms with Crippen LogP contribution in [-0.2, 0) is 7.05 Å². The van der Waals surface area contributed by atoms with Crippen molar-refractivity contribution >= 4 is 29.9 Å². The molecule has 2 N–H and O–H groups in total. The van der Waals surface area contributed by atoms with Crippen molar-refractivity contribution in [2.24, 2.45) is 12.0 Å². The highest BCUT2D eigenvalue weighted by atomic mass is 127. The van der Waals surface area contributed by atoms with Crippen LogP contribution in [0.5, 0.6) is 0 Å². The Labute approximate surface area is 151 Å². The molecule has 2 unspecified atom stereocenters. The molecule has 0 saturated carbocycles. The molecule has 0 saturated heterocycles. The first-order valence-electron chi connectivity index (χ1n) is 7.67. The number of aromatic nitrogens is 2. The Kier molecular flexibility index (Phi) is 10.4. The quantitative estimate of drug-likeness (QED) is 0.401. The average Bonchev–Trinajstić information content (AvgIpc) is 2.85. The third-order valence-electron chi connectivity index (χ3n) is 3.50. The van der Waals surface area contributed by atoms with Gasteiger partial charge < -0.3 is 15.5 Å². The fourth-order valence-electron chi connectivity index (χ4n) is 2.01. The van der Waals surface area contributed by atoms with Crippen LogP contribution in [0.25, 0.3) is 0 Å². The van der Waals surface area contributed by atoms with Crippen LogP contribution < -0.4 is 10.6 Å². The van der Waals surface area contributed by atoms with Gasteiger partial charge in [0.15, 0.2) is 5.96 Å². The second kappa shape index (κ2) is 10.8. The van der Waals surface area contributed by atoms with E-state index in [1.807, 2.05) is 17.9 Å². The molecule has 1 aromatic heterocycles. The smallest absolute Gasteiger partial charge is 0.191 e. The average molecular weight is 422 g/mol. The molecule has 0 aliphatic heterocycles. The number of nitrogens with zero attached hydrogens (tertiary/aromatic N) is 4. The van der Waals surface area contributed by atoms with E-state index >= 15 is 0 Å². The summed E-state index contributed by atoms with van der Waals surface area (Å²) in [6.45, 7) is 7.97. The van der Waals surface area contributed by atoms with Gasteiger partial charge in [0.25, 0.3) is 0 Å². The number of hydrogen-bond acceptors (Lipinski definition) is 3. The van der Waals surface area contributed by atoms with Crippen molar-refractivity contribution in [2.45, 2.75) is 39.3 Å². The minimum atomic E-state index is 0. The molecule has 0 fully saturated rings. The van der Waals surface area contributed by atoms with Crippen molar-refractivity contribution in [1.29, 1.82) is 0 Å². The normalized spacial score (nSPS) is 14.4. The van der Waals surface area contributed by atoms with Crippen LogP contribution in [-0.4, -0.2) is 53.9 Å². The molecule has 0 spiro atoms. The predicted octanol–water partition coefficient (Wildman–Crippen LogP) is 1.99. The number of rotatable bonds is 7. The number of guanidine groups is 1. The van der Waals surface area contributed by atoms with E-state index in [4.69, 9.17) is 4.99 Å². The van der Waals surface area contributed by atoms with Crippen molar-refractivity contribution in [2.75, 3.05) is 27.2 Å². The molecule has 1 aromatic rings. The molecule has 6 nitrogen and oxygen atoms in total. The second-order valence-corrected chi connectivity index (χ2v) is 5.60. The SMILES string of the molecule is CCNC(=NCC(c1cnn(C)c1)N(C)C)NC(C)CC.I. The Morgan fingerprint density at radius 2 is 2.09 bits per heavy atom. The molecule has 2 atom stereocenters. The summed E-state index contributed by atoms with van der Waals surface area (Å²) in [6.07, 6.45) is 5.04. The summed E-state index contributed by atoms with van der Waals surface area (Å²) in [6, 6.07) is 0.644. The van der Waals surface area contributed by atoms with Crippen LogP contribution in [0.3, 0.4) is 0 Å². The van der Waals surface area contributed by atoms with Crippen LogP contribution in [0.4, 0.5) is 0 Å². The Hall–Kier alpha value is -0.830. The van der Waals surface area contributed by atoms with Gasteiger partial charge >= 0.3 is 0 Å². The zero-order valence-corrected chi connectivity index (χ0v) is 17.0. The van der Waals surface area contributed by atoms with Gasteiger partial charge in [0.2, 0.25) is 0 Å². The van der Waals surface area contributed by atoms with E-state index in [2.05, 4.69) is 61.7 Å². The van der Waals surface area contributed by atoms with Crippen molar-refractivity contribution in [3.05, 3.63) is 18.0 Å². The van der Waals surface area contributed by atoms with Gasteiger partial charge in [-0.3, -0.25) is 9.67 Å². The van der Waals surface area contributed by atoms with Gasteiger partial charge in [-0.15, -0.1) is 24.0 Å². The van der Waals surface area contributed by atoms with Crippen LogP contribution in [0.15, 0.2) is 17.4 Å². The molecule has 0 aromatic carbocycles. The Morgan fingerprint density at radius 1 is 1.41 bits per heavy atom. The van der Waals surface area contributed by atoms with Crippen molar-refractivity contribution < 1.29 is 0 Å². The Bertz CT molecular complexity index is 443. The first kappa shape index (κ1) is 21.2. The summed E-state index contributed by atoms with van der Waals surface area (Å²) < 4.78 is 1.83. The minimum absolute atomic E-state index is 0. The van der Waals surface area contributed by atoms with E-state index in [0.29, 0.717) is 12.6 Å². The summed E-state index contributed by atoms with van der Waals surface area (Å²) in [7, 11) is 6.08. The summed E-state index contributed by atoms with van der Waals surface area (Å²) in [5.74, 6) is 0.877. The van der Waals surface area contributed by atoms with E-state index < -0.39 is 0 Å². The molecule has 0 aliphatic carbocycles. The summed E-state index contributed by atoms with van der Waals surface area (Å²) in [5.41, 5.74) is 1.19. The third-order valence-corrected chi connectivity index (χ3v) is 3.50. The van der Waals surface area contributed by atoms with E-state index in [-0.39, 0.29) is 30.0 Å². The highest BCUT2D eigenvalue weighted by Crippen LogP contribution is 2.17. The second-order valence-electron chi connectivity index (χ2n) is 5.60. The summed E-state index contributed by atoms with van der Waals surface area (Å²) >= 11 is 0. The van der Waals surface area contributed by atoms with E-state index in [1.54, 1.807) is 0 Å². The minimum Gasteiger partial charge on any atom is -0.357 e. The lowest BCUT2D eigenvalue weighted by atomic mass is 10.1. The third kappa shape index (κ3) is 6.95. The first-order chi connectivity index (χ1) is 9.97. The lowest BCUT2D eigenvalue weighted by molar-refractivity contribution is 0.306. The maximum Gasteiger partial charge on any atom is 0.191 e. The number of halogens is 1. The highest BCUT2D eigenvalue weighted by molar-refractivity contribution is 14.0. The Morgan fingerprint density at radius 3 is 2.55 bits per heavy atom. The molecule has 22 heavy (non-hydrogen) atoms. The standard InChI is InChI=1S/C15H30N6.HI/c1-7-12(3)19-15(16-8-2)17-10-14(20(4)5)13-9-18-21(6)11-13;/h9,11-12,14H,7-8,10H2,1-6H3,(H2,16,17,19);1H. The molecule has 1 heterocycles. The Balaban J connectivity index is 0.00000441. The fourth-order valence-corrected chi connectivity index (χ4v) is 2.01. The molecule has 0 aliphatic rings. The van der Waals surface area contributed by atoms with Gasteiger partial charge in [-0.2, -0.15) is 5.10 Å². The molecule has 0 bridgehead atoms. The van der Waals surface area contributed by atoms with E-state index in [9.17, 15) is 0 Å². The largest absolute Gasteiger partial charge is 0.357 e. The van der Waals surface area contributed by atoms with Gasteiger partial charge in [0.1, 0.15) is 0 Å². The number of likely N-dealkylation sites (N-methyl/N-ethyl adjacent to an activating group) is 1. The van der Waals surface area contributed by atoms with Crippen LogP contribution in [0.2, 0.25) is 0 Å². The first-order valence-corrected chi connectivity index (χ1v) is 7.67. The molecule has 1 rings (SSSR count). The molecule has 0 radical (unpaired) electrons. The highest BCUT2D eigenvalue weighted by Gasteiger charge is 2.16. The monoisotopic (exact) mass is 422 g/mol. The van der Waals surface area contributed by atoms with Crippen LogP contribution in [0, 0.1) is 0 Å². The maximum absolute atomic E-state index is 4.72. The van der Waals surface area contributed by atoms with Crippen molar-refractivity contribution in [3.8, 4) is 0 Å². The molecular formula is C15H31IN6. The summed E-state index contributed by atoms with van der Waals surface area (Å²) in [4.78, 5) is 6.90. The topological polar surface area (TPSA) is 57.5 Å². The zero-order valence-electron chi connectivity index (χ0n) is 14.6. The molecular weight excluding hydrogens is 391 g/mol. The van der Waals surface area contributed by atoms with Gasteiger partial charge in [0, 0.05) is 31.4 Å². The van der Waals surface area contributed by atoms with E-state index in [0.717, 1.165) is 18.9 Å². The van der Waals surface area contributed by atoms with Crippen molar-refractivity contribution in [1.82, 2.24) is 25.3 Å². The number of aryl methyl sites for hydroxylation is 1. The lowest BCUT2D eigenvalue weighted by Gasteiger charge is -2.23. The molecule has 7 heteroatoms. The zero-order chi connectivity index (χ0) is 15.8. The van der Waals surface area contributed by atoms with Crippen LogP contribution >= 0.6 is 24.0 Å². The van der Waals surface area contributed by atoms with Crippen LogP contribution in [0.1, 0.15) is 38.8 Å². The predicted molar refractivity (Wildman–Crippen MR) is 104 cm³/mol. The number of nitrogens with one attached hydrogen (secondary N) is 2. The number of aliphatic imine (C=N–C) groups is 1. The van der Waals surface area contributed by atoms with Gasteiger partial charge in [-0.05, 0) is 34.4 Å². The van der Waals surface area contributed by atoms with Gasteiger partial charge in [0.05, 0.1) is 18.8 Å². The fraction of sp³-hybridized carbons (Fsp3) is 0.733. The van der Waals surface area contributed by atoms with Crippen molar-refractivity contribution in [3.63, 3.8) is 0 Å². The maximum atomic E-state index is 4.72. The molecule has 128 valence electrons. The van der Waals surface area contributed by atoms with Gasteiger partial charge in [-0.1, -0.05) is 6.92 Å². The number of hydrogen-bond donors (Lipinski definition) is 2. The molecule has 0 amide bonds.